The van der Waals surface area contributed by atoms with E-state index in [0.29, 0.717) is 19.1 Å². The maximum absolute atomic E-state index is 13.1. The number of fused-ring (bicyclic) bond motifs is 1. The number of carbonyl (C=O) groups is 1. The minimum absolute atomic E-state index is 0. The number of ether oxygens (including phenoxy) is 1. The predicted octanol–water partition coefficient (Wildman–Crippen LogP) is 2.28. The van der Waals surface area contributed by atoms with Crippen molar-refractivity contribution in [3.05, 3.63) is 53.3 Å². The number of rotatable bonds is 5. The average Bonchev–Trinajstić information content (AvgIpc) is 3.32. The zero-order chi connectivity index (χ0) is 20.4. The molecule has 3 N–H and O–H groups in total. The molecule has 2 aromatic rings. The van der Waals surface area contributed by atoms with E-state index < -0.39 is 11.6 Å². The summed E-state index contributed by atoms with van der Waals surface area (Å²) in [5.41, 5.74) is 2.08. The van der Waals surface area contributed by atoms with Crippen LogP contribution in [0.5, 0.6) is 0 Å². The van der Waals surface area contributed by atoms with Crippen molar-refractivity contribution in [1.29, 1.82) is 0 Å². The van der Waals surface area contributed by atoms with Gasteiger partial charge in [-0.2, -0.15) is 13.5 Å². The number of aliphatic hydroxyl groups excluding tert-OH is 1. The first kappa shape index (κ1) is 22.3. The van der Waals surface area contributed by atoms with Crippen molar-refractivity contribution in [2.45, 2.75) is 44.4 Å². The summed E-state index contributed by atoms with van der Waals surface area (Å²) in [5.74, 6) is 0.565. The zero-order valence-electron chi connectivity index (χ0n) is 17.3. The Labute approximate surface area is 183 Å². The topological polar surface area (TPSA) is 99.6 Å². The molecule has 0 spiro atoms. The molecule has 30 heavy (non-hydrogen) atoms. The molecule has 1 aromatic heterocycles. The second-order valence-corrected chi connectivity index (χ2v) is 8.00. The van der Waals surface area contributed by atoms with Gasteiger partial charge < -0.3 is 25.4 Å². The number of benzene rings is 1. The fourth-order valence-electron chi connectivity index (χ4n) is 3.91. The van der Waals surface area contributed by atoms with Gasteiger partial charge in [0.2, 0.25) is 5.95 Å². The van der Waals surface area contributed by atoms with Gasteiger partial charge in [0, 0.05) is 18.4 Å². The Kier molecular flexibility index (Phi) is 6.84. The third-order valence-corrected chi connectivity index (χ3v) is 5.70. The Morgan fingerprint density at radius 1 is 1.37 bits per heavy atom. The van der Waals surface area contributed by atoms with E-state index in [1.165, 1.54) is 0 Å². The Morgan fingerprint density at radius 3 is 2.80 bits per heavy atom. The molecule has 2 atom stereocenters. The van der Waals surface area contributed by atoms with Crippen molar-refractivity contribution >= 4 is 25.5 Å². The highest BCUT2D eigenvalue weighted by Gasteiger charge is 2.42. The van der Waals surface area contributed by atoms with Gasteiger partial charge in [-0.1, -0.05) is 30.3 Å². The minimum atomic E-state index is -0.550. The summed E-state index contributed by atoms with van der Waals surface area (Å²) in [6, 6.07) is 8.98. The molecule has 4 rings (SSSR count). The molecule has 1 saturated heterocycles. The van der Waals surface area contributed by atoms with E-state index in [4.69, 9.17) is 4.74 Å². The van der Waals surface area contributed by atoms with Crippen LogP contribution in [-0.4, -0.2) is 51.9 Å². The number of aliphatic hydroxyl groups is 1. The fraction of sp³-hybridized carbons (Fsp3) is 0.476. The van der Waals surface area contributed by atoms with Crippen LogP contribution in [0.2, 0.25) is 0 Å². The van der Waals surface area contributed by atoms with E-state index in [-0.39, 0.29) is 32.2 Å². The van der Waals surface area contributed by atoms with Crippen LogP contribution in [0.3, 0.4) is 0 Å². The van der Waals surface area contributed by atoms with Gasteiger partial charge in [0.15, 0.2) is 0 Å². The van der Waals surface area contributed by atoms with Crippen LogP contribution in [0.25, 0.3) is 0 Å². The summed E-state index contributed by atoms with van der Waals surface area (Å²) in [5, 5.41) is 16.0. The highest BCUT2D eigenvalue weighted by Crippen LogP contribution is 2.38. The SMILES string of the molecule is CC1(C)c2cnc(NC3CCOC3)nc2CN1C(=O)N[C@H](CO)c1ccccc1.S. The van der Waals surface area contributed by atoms with Crippen molar-refractivity contribution in [1.82, 2.24) is 20.2 Å². The molecule has 162 valence electrons. The summed E-state index contributed by atoms with van der Waals surface area (Å²) in [6.07, 6.45) is 2.73. The van der Waals surface area contributed by atoms with Gasteiger partial charge in [0.25, 0.3) is 0 Å². The quantitative estimate of drug-likeness (QED) is 0.672. The lowest BCUT2D eigenvalue weighted by Gasteiger charge is -2.33. The molecular formula is C21H29N5O3S. The molecule has 9 heteroatoms. The van der Waals surface area contributed by atoms with Crippen LogP contribution in [0.1, 0.15) is 43.1 Å². The van der Waals surface area contributed by atoms with Crippen molar-refractivity contribution in [3.63, 3.8) is 0 Å². The summed E-state index contributed by atoms with van der Waals surface area (Å²) >= 11 is 0. The van der Waals surface area contributed by atoms with Crippen LogP contribution < -0.4 is 10.6 Å². The van der Waals surface area contributed by atoms with E-state index >= 15 is 0 Å². The number of nitrogens with one attached hydrogen (secondary N) is 2. The maximum Gasteiger partial charge on any atom is 0.319 e. The molecule has 0 aliphatic carbocycles. The van der Waals surface area contributed by atoms with Gasteiger partial charge in [-0.05, 0) is 25.8 Å². The standard InChI is InChI=1S/C21H27N5O3.H2S/c1-21(2)16-10-22-19(23-15-8-9-29-13-15)24-17(16)11-26(21)20(28)25-18(12-27)14-6-4-3-5-7-14;/h3-7,10,15,18,27H,8-9,11-13H2,1-2H3,(H,25,28)(H,22,23,24);1H2/t15?,18-;/m1./s1. The van der Waals surface area contributed by atoms with Gasteiger partial charge in [-0.3, -0.25) is 0 Å². The molecule has 1 aromatic carbocycles. The van der Waals surface area contributed by atoms with E-state index in [0.717, 1.165) is 29.8 Å². The van der Waals surface area contributed by atoms with Crippen LogP contribution >= 0.6 is 13.5 Å². The highest BCUT2D eigenvalue weighted by molar-refractivity contribution is 7.59. The zero-order valence-corrected chi connectivity index (χ0v) is 18.3. The van der Waals surface area contributed by atoms with Crippen molar-refractivity contribution in [3.8, 4) is 0 Å². The van der Waals surface area contributed by atoms with Crippen molar-refractivity contribution in [2.24, 2.45) is 0 Å². The van der Waals surface area contributed by atoms with E-state index in [1.54, 1.807) is 11.1 Å². The van der Waals surface area contributed by atoms with Crippen LogP contribution in [0.15, 0.2) is 36.5 Å². The number of nitrogens with zero attached hydrogens (tertiary/aromatic N) is 3. The van der Waals surface area contributed by atoms with Gasteiger partial charge in [0.05, 0.1) is 43.1 Å². The lowest BCUT2D eigenvalue weighted by atomic mass is 9.97. The number of aromatic nitrogens is 2. The lowest BCUT2D eigenvalue weighted by Crippen LogP contribution is -2.47. The molecule has 1 unspecified atom stereocenters. The third kappa shape index (κ3) is 4.38. The van der Waals surface area contributed by atoms with Crippen LogP contribution in [0, 0.1) is 0 Å². The first-order chi connectivity index (χ1) is 14.0. The first-order valence-electron chi connectivity index (χ1n) is 9.93. The molecule has 2 aliphatic heterocycles. The Bertz CT molecular complexity index is 874. The molecule has 1 fully saturated rings. The molecule has 8 nitrogen and oxygen atoms in total. The van der Waals surface area contributed by atoms with E-state index in [1.807, 2.05) is 44.2 Å². The number of hydrogen-bond donors (Lipinski definition) is 3. The first-order valence-corrected chi connectivity index (χ1v) is 9.93. The lowest BCUT2D eigenvalue weighted by molar-refractivity contribution is 0.136. The number of urea groups is 1. The van der Waals surface area contributed by atoms with Gasteiger partial charge in [-0.25, -0.2) is 14.8 Å². The summed E-state index contributed by atoms with van der Waals surface area (Å²) in [4.78, 5) is 23.9. The van der Waals surface area contributed by atoms with Crippen molar-refractivity contribution < 1.29 is 14.6 Å². The largest absolute Gasteiger partial charge is 0.394 e. The van der Waals surface area contributed by atoms with Crippen LogP contribution in [0.4, 0.5) is 10.7 Å². The third-order valence-electron chi connectivity index (χ3n) is 5.70. The number of carbonyl (C=O) groups excluding carboxylic acids is 1. The smallest absolute Gasteiger partial charge is 0.319 e. The second kappa shape index (κ2) is 9.20. The number of anilines is 1. The Morgan fingerprint density at radius 2 is 2.13 bits per heavy atom. The molecule has 0 saturated carbocycles. The van der Waals surface area contributed by atoms with E-state index in [2.05, 4.69) is 20.6 Å². The van der Waals surface area contributed by atoms with Gasteiger partial charge in [-0.15, -0.1) is 0 Å². The fourth-order valence-corrected chi connectivity index (χ4v) is 3.91. The number of hydrogen-bond acceptors (Lipinski definition) is 6. The molecule has 2 aliphatic rings. The molecule has 0 bridgehead atoms. The second-order valence-electron chi connectivity index (χ2n) is 8.00. The van der Waals surface area contributed by atoms with Gasteiger partial charge >= 0.3 is 6.03 Å². The maximum atomic E-state index is 13.1. The average molecular weight is 432 g/mol. The number of amides is 2. The normalized spacial score (nSPS) is 20.2. The van der Waals surface area contributed by atoms with E-state index in [9.17, 15) is 9.90 Å². The molecular weight excluding hydrogens is 402 g/mol. The van der Waals surface area contributed by atoms with Crippen LogP contribution in [-0.2, 0) is 16.8 Å². The summed E-state index contributed by atoms with van der Waals surface area (Å²) < 4.78 is 5.39. The molecule has 3 heterocycles. The predicted molar refractivity (Wildman–Crippen MR) is 119 cm³/mol. The Balaban J connectivity index is 0.00000256. The monoisotopic (exact) mass is 431 g/mol. The minimum Gasteiger partial charge on any atom is -0.394 e. The molecule has 0 radical (unpaired) electrons. The summed E-state index contributed by atoms with van der Waals surface area (Å²) in [6.45, 7) is 5.58. The molecule has 2 amide bonds. The van der Waals surface area contributed by atoms with Gasteiger partial charge in [0.1, 0.15) is 0 Å². The highest BCUT2D eigenvalue weighted by atomic mass is 32.1. The van der Waals surface area contributed by atoms with Crippen molar-refractivity contribution in [2.75, 3.05) is 25.1 Å². The Hall–Kier alpha value is -2.36. The summed E-state index contributed by atoms with van der Waals surface area (Å²) in [7, 11) is 0.